The van der Waals surface area contributed by atoms with Crippen LogP contribution in [0, 0.1) is 13.8 Å². The van der Waals surface area contributed by atoms with Crippen LogP contribution >= 0.6 is 11.3 Å². The summed E-state index contributed by atoms with van der Waals surface area (Å²) in [5.74, 6) is 0. The molecule has 2 aromatic heterocycles. The molecule has 2 aromatic rings. The quantitative estimate of drug-likeness (QED) is 0.861. The molecule has 0 aromatic carbocycles. The topological polar surface area (TPSA) is 51.0 Å². The summed E-state index contributed by atoms with van der Waals surface area (Å²) >= 11 is 1.77. The summed E-state index contributed by atoms with van der Waals surface area (Å²) in [6.07, 6.45) is 0. The van der Waals surface area contributed by atoms with E-state index in [9.17, 15) is 0 Å². The van der Waals surface area contributed by atoms with E-state index >= 15 is 0 Å². The highest BCUT2D eigenvalue weighted by Crippen LogP contribution is 2.15. The molecule has 15 heavy (non-hydrogen) atoms. The number of nitrogens with zero attached hydrogens (tertiary/aromatic N) is 2. The fourth-order valence-electron chi connectivity index (χ4n) is 1.29. The first kappa shape index (κ1) is 10.3. The third kappa shape index (κ3) is 2.43. The van der Waals surface area contributed by atoms with Crippen molar-refractivity contribution in [3.05, 3.63) is 33.3 Å². The van der Waals surface area contributed by atoms with Gasteiger partial charge in [0.15, 0.2) is 0 Å². The Kier molecular flexibility index (Phi) is 3.13. The molecule has 0 spiro atoms. The van der Waals surface area contributed by atoms with Crippen molar-refractivity contribution in [3.63, 3.8) is 0 Å². The number of nitrogens with one attached hydrogen (secondary N) is 1. The van der Waals surface area contributed by atoms with E-state index < -0.39 is 0 Å². The molecule has 0 aliphatic rings. The monoisotopic (exact) mass is 223 g/mol. The molecule has 0 bridgehead atoms. The van der Waals surface area contributed by atoms with Crippen LogP contribution in [0.1, 0.15) is 21.8 Å². The van der Waals surface area contributed by atoms with E-state index in [0.29, 0.717) is 6.54 Å². The molecule has 0 fully saturated rings. The minimum Gasteiger partial charge on any atom is -0.306 e. The third-order valence-electron chi connectivity index (χ3n) is 2.29. The molecule has 0 radical (unpaired) electrons. The van der Waals surface area contributed by atoms with E-state index in [2.05, 4.69) is 38.6 Å². The number of rotatable bonds is 4. The second-order valence-corrected chi connectivity index (χ2v) is 4.43. The maximum absolute atomic E-state index is 4.62. The molecule has 0 saturated heterocycles. The van der Waals surface area contributed by atoms with Crippen molar-refractivity contribution in [2.24, 2.45) is 0 Å². The van der Waals surface area contributed by atoms with Crippen molar-refractivity contribution in [3.8, 4) is 0 Å². The van der Waals surface area contributed by atoms with Gasteiger partial charge < -0.3 is 5.32 Å². The Morgan fingerprint density at radius 1 is 1.33 bits per heavy atom. The first-order valence-corrected chi connectivity index (χ1v) is 5.67. The Hall–Kier alpha value is -1.20. The number of hydrogen-bond acceptors (Lipinski definition) is 5. The van der Waals surface area contributed by atoms with Crippen LogP contribution in [0.3, 0.4) is 0 Å². The van der Waals surface area contributed by atoms with Gasteiger partial charge >= 0.3 is 0 Å². The number of thiophene rings is 1. The molecule has 0 atom stereocenters. The Bertz CT molecular complexity index is 395. The van der Waals surface area contributed by atoms with Crippen LogP contribution in [0.25, 0.3) is 0 Å². The van der Waals surface area contributed by atoms with Crippen molar-refractivity contribution in [2.75, 3.05) is 0 Å². The second-order valence-electron chi connectivity index (χ2n) is 3.43. The summed E-state index contributed by atoms with van der Waals surface area (Å²) in [7, 11) is 0. The average molecular weight is 223 g/mol. The molecule has 80 valence electrons. The fraction of sp³-hybridized carbons (Fsp3) is 0.400. The highest BCUT2D eigenvalue weighted by molar-refractivity contribution is 7.10. The van der Waals surface area contributed by atoms with E-state index in [-0.39, 0.29) is 0 Å². The van der Waals surface area contributed by atoms with Gasteiger partial charge in [-0.2, -0.15) is 0 Å². The summed E-state index contributed by atoms with van der Waals surface area (Å²) in [5, 5.41) is 13.0. The van der Waals surface area contributed by atoms with E-state index in [1.807, 2.05) is 6.92 Å². The van der Waals surface area contributed by atoms with Crippen molar-refractivity contribution in [1.29, 1.82) is 0 Å². The Morgan fingerprint density at radius 3 is 2.80 bits per heavy atom. The highest BCUT2D eigenvalue weighted by Gasteiger charge is 2.04. The Morgan fingerprint density at radius 2 is 2.20 bits per heavy atom. The Labute approximate surface area is 92.3 Å². The molecule has 2 rings (SSSR count). The minimum absolute atomic E-state index is 0.701. The lowest BCUT2D eigenvalue weighted by atomic mass is 10.3. The molecule has 1 N–H and O–H groups in total. The molecule has 0 unspecified atom stereocenters. The maximum atomic E-state index is 4.62. The molecule has 0 aliphatic heterocycles. The standard InChI is InChI=1S/C10H13N3OS/c1-7-3-4-15-10(7)6-11-5-9-8(2)12-14-13-9/h3-4,11H,5-6H2,1-2H3. The molecule has 5 heteroatoms. The average Bonchev–Trinajstić information content (AvgIpc) is 2.78. The van der Waals surface area contributed by atoms with Crippen molar-refractivity contribution >= 4 is 11.3 Å². The zero-order chi connectivity index (χ0) is 10.7. The maximum Gasteiger partial charge on any atom is 0.121 e. The first-order chi connectivity index (χ1) is 7.27. The zero-order valence-electron chi connectivity index (χ0n) is 8.78. The van der Waals surface area contributed by atoms with Crippen molar-refractivity contribution < 1.29 is 4.63 Å². The van der Waals surface area contributed by atoms with Crippen LogP contribution in [0.2, 0.25) is 0 Å². The van der Waals surface area contributed by atoms with Crippen LogP contribution in [0.5, 0.6) is 0 Å². The van der Waals surface area contributed by atoms with Crippen molar-refractivity contribution in [2.45, 2.75) is 26.9 Å². The predicted octanol–water partition coefficient (Wildman–Crippen LogP) is 2.04. The zero-order valence-corrected chi connectivity index (χ0v) is 9.60. The van der Waals surface area contributed by atoms with Gasteiger partial charge in [0.25, 0.3) is 0 Å². The van der Waals surface area contributed by atoms with Crippen LogP contribution in [-0.2, 0) is 13.1 Å². The molecule has 0 amide bonds. The van der Waals surface area contributed by atoms with E-state index in [0.717, 1.165) is 17.9 Å². The molecule has 4 nitrogen and oxygen atoms in total. The van der Waals surface area contributed by atoms with E-state index in [1.54, 1.807) is 11.3 Å². The summed E-state index contributed by atoms with van der Waals surface area (Å²) in [4.78, 5) is 1.36. The number of hydrogen-bond donors (Lipinski definition) is 1. The number of aryl methyl sites for hydroxylation is 2. The normalized spacial score (nSPS) is 10.8. The highest BCUT2D eigenvalue weighted by atomic mass is 32.1. The fourth-order valence-corrected chi connectivity index (χ4v) is 2.17. The van der Waals surface area contributed by atoms with Crippen LogP contribution in [0.4, 0.5) is 0 Å². The smallest absolute Gasteiger partial charge is 0.121 e. The van der Waals surface area contributed by atoms with Gasteiger partial charge in [0.05, 0.1) is 0 Å². The Balaban J connectivity index is 1.86. The SMILES string of the molecule is Cc1ccsc1CNCc1nonc1C. The largest absolute Gasteiger partial charge is 0.306 e. The van der Waals surface area contributed by atoms with Gasteiger partial charge in [0, 0.05) is 18.0 Å². The van der Waals surface area contributed by atoms with E-state index in [1.165, 1.54) is 10.4 Å². The summed E-state index contributed by atoms with van der Waals surface area (Å²) in [6, 6.07) is 2.13. The second kappa shape index (κ2) is 4.55. The molecular formula is C10H13N3OS. The third-order valence-corrected chi connectivity index (χ3v) is 3.32. The summed E-state index contributed by atoms with van der Waals surface area (Å²) < 4.78 is 4.62. The summed E-state index contributed by atoms with van der Waals surface area (Å²) in [6.45, 7) is 5.59. The van der Waals surface area contributed by atoms with Crippen LogP contribution < -0.4 is 5.32 Å². The van der Waals surface area contributed by atoms with Crippen molar-refractivity contribution in [1.82, 2.24) is 15.6 Å². The lowest BCUT2D eigenvalue weighted by Gasteiger charge is -2.01. The molecule has 0 aliphatic carbocycles. The van der Waals surface area contributed by atoms with E-state index in [4.69, 9.17) is 0 Å². The van der Waals surface area contributed by atoms with Gasteiger partial charge in [0.1, 0.15) is 11.4 Å². The first-order valence-electron chi connectivity index (χ1n) is 4.79. The number of aromatic nitrogens is 2. The van der Waals surface area contributed by atoms with Gasteiger partial charge in [-0.25, -0.2) is 4.63 Å². The summed E-state index contributed by atoms with van der Waals surface area (Å²) in [5.41, 5.74) is 3.07. The van der Waals surface area contributed by atoms with Gasteiger partial charge in [-0.15, -0.1) is 11.3 Å². The van der Waals surface area contributed by atoms with Gasteiger partial charge in [-0.05, 0) is 30.9 Å². The lowest BCUT2D eigenvalue weighted by Crippen LogP contribution is -2.13. The van der Waals surface area contributed by atoms with Gasteiger partial charge in [-0.3, -0.25) is 0 Å². The molecular weight excluding hydrogens is 210 g/mol. The van der Waals surface area contributed by atoms with Gasteiger partial charge in [0.2, 0.25) is 0 Å². The van der Waals surface area contributed by atoms with Crippen LogP contribution in [0.15, 0.2) is 16.1 Å². The molecule has 0 saturated carbocycles. The minimum atomic E-state index is 0.701. The lowest BCUT2D eigenvalue weighted by molar-refractivity contribution is 0.300. The van der Waals surface area contributed by atoms with Gasteiger partial charge in [-0.1, -0.05) is 10.3 Å². The molecule has 2 heterocycles. The van der Waals surface area contributed by atoms with Crippen LogP contribution in [-0.4, -0.2) is 10.3 Å². The predicted molar refractivity (Wildman–Crippen MR) is 58.6 cm³/mol.